The highest BCUT2D eigenvalue weighted by atomic mass is 19.2. The zero-order valence-corrected chi connectivity index (χ0v) is 8.89. The first-order chi connectivity index (χ1) is 7.94. The van der Waals surface area contributed by atoms with Gasteiger partial charge in [0.15, 0.2) is 23.2 Å². The molecule has 1 fully saturated rings. The number of aliphatic carboxylic acids is 1. The SMILES string of the molecule is COc1c(F)cc(F)c(F)c1C1(C(=O)O)CC1. The summed E-state index contributed by atoms with van der Waals surface area (Å²) in [5.41, 5.74) is -2.09. The van der Waals surface area contributed by atoms with Gasteiger partial charge in [-0.25, -0.2) is 13.2 Å². The summed E-state index contributed by atoms with van der Waals surface area (Å²) in [4.78, 5) is 11.1. The molecule has 1 saturated carbocycles. The normalized spacial score (nSPS) is 16.7. The molecule has 1 aromatic carbocycles. The van der Waals surface area contributed by atoms with Gasteiger partial charge >= 0.3 is 5.97 Å². The average molecular weight is 246 g/mol. The third-order valence-corrected chi connectivity index (χ3v) is 2.97. The predicted octanol–water partition coefficient (Wildman–Crippen LogP) is 2.23. The molecule has 1 aromatic rings. The maximum absolute atomic E-state index is 13.6. The minimum Gasteiger partial charge on any atom is -0.493 e. The summed E-state index contributed by atoms with van der Waals surface area (Å²) in [7, 11) is 1.08. The summed E-state index contributed by atoms with van der Waals surface area (Å²) in [5.74, 6) is -5.72. The molecule has 6 heteroatoms. The maximum atomic E-state index is 13.6. The van der Waals surface area contributed by atoms with Crippen molar-refractivity contribution in [3.05, 3.63) is 29.1 Å². The summed E-state index contributed by atoms with van der Waals surface area (Å²) < 4.78 is 44.8. The maximum Gasteiger partial charge on any atom is 0.314 e. The lowest BCUT2D eigenvalue weighted by Gasteiger charge is -2.16. The lowest BCUT2D eigenvalue weighted by atomic mass is 9.94. The van der Waals surface area contributed by atoms with Crippen LogP contribution in [-0.4, -0.2) is 18.2 Å². The van der Waals surface area contributed by atoms with E-state index in [0.717, 1.165) is 7.11 Å². The molecule has 1 N–H and O–H groups in total. The highest BCUT2D eigenvalue weighted by Crippen LogP contribution is 2.53. The van der Waals surface area contributed by atoms with Crippen LogP contribution in [0.3, 0.4) is 0 Å². The first kappa shape index (κ1) is 11.8. The van der Waals surface area contributed by atoms with Crippen LogP contribution in [0.15, 0.2) is 6.07 Å². The van der Waals surface area contributed by atoms with Crippen LogP contribution < -0.4 is 4.74 Å². The summed E-state index contributed by atoms with van der Waals surface area (Å²) in [6, 6.07) is 0.343. The predicted molar refractivity (Wildman–Crippen MR) is 51.4 cm³/mol. The molecular formula is C11H9F3O3. The highest BCUT2D eigenvalue weighted by molar-refractivity contribution is 5.86. The second-order valence-corrected chi connectivity index (χ2v) is 3.95. The van der Waals surface area contributed by atoms with Crippen molar-refractivity contribution in [2.45, 2.75) is 18.3 Å². The van der Waals surface area contributed by atoms with E-state index in [1.807, 2.05) is 0 Å². The number of hydrogen-bond acceptors (Lipinski definition) is 2. The molecule has 0 amide bonds. The molecule has 1 aliphatic rings. The Morgan fingerprint density at radius 2 is 1.94 bits per heavy atom. The van der Waals surface area contributed by atoms with Crippen molar-refractivity contribution in [3.8, 4) is 5.75 Å². The molecule has 1 aliphatic carbocycles. The first-order valence-electron chi connectivity index (χ1n) is 4.89. The number of benzene rings is 1. The molecule has 0 aliphatic heterocycles. The van der Waals surface area contributed by atoms with E-state index >= 15 is 0 Å². The summed E-state index contributed by atoms with van der Waals surface area (Å²) >= 11 is 0. The Labute approximate surface area is 94.8 Å². The summed E-state index contributed by atoms with van der Waals surface area (Å²) in [6.45, 7) is 0. The van der Waals surface area contributed by atoms with Gasteiger partial charge in [0.25, 0.3) is 0 Å². The molecule has 92 valence electrons. The Morgan fingerprint density at radius 1 is 1.35 bits per heavy atom. The van der Waals surface area contributed by atoms with Crippen LogP contribution >= 0.6 is 0 Å². The van der Waals surface area contributed by atoms with E-state index in [2.05, 4.69) is 4.74 Å². The van der Waals surface area contributed by atoms with Crippen molar-refractivity contribution in [3.63, 3.8) is 0 Å². The van der Waals surface area contributed by atoms with Crippen LogP contribution in [0, 0.1) is 17.5 Å². The molecule has 0 heterocycles. The average Bonchev–Trinajstić information content (AvgIpc) is 3.04. The van der Waals surface area contributed by atoms with Crippen LogP contribution in [-0.2, 0) is 10.2 Å². The lowest BCUT2D eigenvalue weighted by molar-refractivity contribution is -0.140. The third kappa shape index (κ3) is 1.55. The standard InChI is InChI=1S/C11H9F3O3/c1-17-9-6(13)4-5(12)8(14)7(9)11(2-3-11)10(15)16/h4H,2-3H2,1H3,(H,15,16). The van der Waals surface area contributed by atoms with E-state index in [9.17, 15) is 18.0 Å². The zero-order valence-electron chi connectivity index (χ0n) is 8.89. The van der Waals surface area contributed by atoms with Gasteiger partial charge in [-0.2, -0.15) is 0 Å². The van der Waals surface area contributed by atoms with E-state index in [1.54, 1.807) is 0 Å². The van der Waals surface area contributed by atoms with E-state index in [0.29, 0.717) is 6.07 Å². The number of hydrogen-bond donors (Lipinski definition) is 1. The van der Waals surface area contributed by atoms with Crippen LogP contribution in [0.5, 0.6) is 5.75 Å². The van der Waals surface area contributed by atoms with Gasteiger partial charge in [0.05, 0.1) is 18.1 Å². The fraction of sp³-hybridized carbons (Fsp3) is 0.364. The van der Waals surface area contributed by atoms with Crippen molar-refractivity contribution < 1.29 is 27.8 Å². The third-order valence-electron chi connectivity index (χ3n) is 2.97. The first-order valence-corrected chi connectivity index (χ1v) is 4.89. The summed E-state index contributed by atoms with van der Waals surface area (Å²) in [6.07, 6.45) is 0.275. The highest BCUT2D eigenvalue weighted by Gasteiger charge is 2.56. The number of carbonyl (C=O) groups is 1. The van der Waals surface area contributed by atoms with Crippen molar-refractivity contribution in [2.75, 3.05) is 7.11 Å². The van der Waals surface area contributed by atoms with E-state index in [-0.39, 0.29) is 12.8 Å². The van der Waals surface area contributed by atoms with Gasteiger partial charge in [-0.05, 0) is 12.8 Å². The minimum atomic E-state index is -1.56. The Kier molecular flexibility index (Phi) is 2.52. The number of carboxylic acid groups (broad SMARTS) is 1. The topological polar surface area (TPSA) is 46.5 Å². The van der Waals surface area contributed by atoms with Crippen LogP contribution in [0.2, 0.25) is 0 Å². The van der Waals surface area contributed by atoms with Crippen molar-refractivity contribution in [1.29, 1.82) is 0 Å². The number of carboxylic acids is 1. The molecule has 0 saturated heterocycles. The molecule has 0 atom stereocenters. The number of rotatable bonds is 3. The fourth-order valence-electron chi connectivity index (χ4n) is 1.90. The van der Waals surface area contributed by atoms with Gasteiger partial charge in [0, 0.05) is 6.07 Å². The fourth-order valence-corrected chi connectivity index (χ4v) is 1.90. The molecular weight excluding hydrogens is 237 g/mol. The molecule has 0 unspecified atom stereocenters. The second kappa shape index (κ2) is 3.65. The molecule has 2 rings (SSSR count). The van der Waals surface area contributed by atoms with Gasteiger partial charge in [-0.1, -0.05) is 0 Å². The van der Waals surface area contributed by atoms with E-state index in [1.165, 1.54) is 0 Å². The van der Waals surface area contributed by atoms with Gasteiger partial charge in [-0.3, -0.25) is 4.79 Å². The smallest absolute Gasteiger partial charge is 0.314 e. The zero-order chi connectivity index (χ0) is 12.8. The molecule has 0 aromatic heterocycles. The molecule has 17 heavy (non-hydrogen) atoms. The Bertz CT molecular complexity index is 495. The number of methoxy groups -OCH3 is 1. The largest absolute Gasteiger partial charge is 0.493 e. The van der Waals surface area contributed by atoms with Gasteiger partial charge in [-0.15, -0.1) is 0 Å². The van der Waals surface area contributed by atoms with E-state index < -0.39 is 40.1 Å². The van der Waals surface area contributed by atoms with Crippen molar-refractivity contribution in [2.24, 2.45) is 0 Å². The molecule has 3 nitrogen and oxygen atoms in total. The van der Waals surface area contributed by atoms with Crippen molar-refractivity contribution >= 4 is 5.97 Å². The quantitative estimate of drug-likeness (QED) is 0.832. The minimum absolute atomic E-state index is 0.137. The van der Waals surface area contributed by atoms with Crippen LogP contribution in [0.25, 0.3) is 0 Å². The van der Waals surface area contributed by atoms with Gasteiger partial charge in [0.2, 0.25) is 0 Å². The second-order valence-electron chi connectivity index (χ2n) is 3.95. The molecule has 0 radical (unpaired) electrons. The number of ether oxygens (including phenoxy) is 1. The molecule has 0 bridgehead atoms. The van der Waals surface area contributed by atoms with Crippen LogP contribution in [0.4, 0.5) is 13.2 Å². The Morgan fingerprint density at radius 3 is 2.35 bits per heavy atom. The van der Waals surface area contributed by atoms with Gasteiger partial charge < -0.3 is 9.84 Å². The number of halogens is 3. The summed E-state index contributed by atoms with van der Waals surface area (Å²) in [5, 5.41) is 9.02. The Balaban J connectivity index is 2.71. The van der Waals surface area contributed by atoms with Crippen molar-refractivity contribution in [1.82, 2.24) is 0 Å². The van der Waals surface area contributed by atoms with E-state index in [4.69, 9.17) is 5.11 Å². The molecule has 0 spiro atoms. The lowest BCUT2D eigenvalue weighted by Crippen LogP contribution is -2.23. The van der Waals surface area contributed by atoms with Gasteiger partial charge in [0.1, 0.15) is 0 Å². The Hall–Kier alpha value is -1.72. The monoisotopic (exact) mass is 246 g/mol. The van der Waals surface area contributed by atoms with Crippen LogP contribution in [0.1, 0.15) is 18.4 Å².